The van der Waals surface area contributed by atoms with Gasteiger partial charge in [-0.05, 0) is 27.7 Å². The van der Waals surface area contributed by atoms with E-state index in [0.717, 1.165) is 0 Å². The molecule has 0 saturated carbocycles. The van der Waals surface area contributed by atoms with Crippen molar-refractivity contribution in [2.45, 2.75) is 33.2 Å². The highest BCUT2D eigenvalue weighted by Gasteiger charge is 2.11. The quantitative estimate of drug-likeness (QED) is 0.417. The Kier molecular flexibility index (Phi) is 4.91. The first-order chi connectivity index (χ1) is 6.37. The van der Waals surface area contributed by atoms with Gasteiger partial charge < -0.3 is 10.1 Å². The average molecular weight is 199 g/mol. The Balaban J connectivity index is 4.00. The molecule has 0 saturated heterocycles. The van der Waals surface area contributed by atoms with Gasteiger partial charge in [0, 0.05) is 17.8 Å². The van der Waals surface area contributed by atoms with Gasteiger partial charge >= 0.3 is 5.97 Å². The molecule has 0 aliphatic carbocycles. The molecule has 1 N–H and O–H groups in total. The molecule has 4 heteroatoms. The Morgan fingerprint density at radius 2 is 1.93 bits per heavy atom. The zero-order chi connectivity index (χ0) is 11.2. The maximum atomic E-state index is 11.0. The predicted molar refractivity (Wildman–Crippen MR) is 53.7 cm³/mol. The van der Waals surface area contributed by atoms with Gasteiger partial charge in [-0.2, -0.15) is 0 Å². The summed E-state index contributed by atoms with van der Waals surface area (Å²) in [4.78, 5) is 21.9. The molecular weight excluding hydrogens is 182 g/mol. The van der Waals surface area contributed by atoms with Crippen molar-refractivity contribution in [2.24, 2.45) is 0 Å². The fraction of sp³-hybridized carbons (Fsp3) is 0.600. The molecule has 0 atom stereocenters. The van der Waals surface area contributed by atoms with Crippen molar-refractivity contribution in [3.05, 3.63) is 12.3 Å². The summed E-state index contributed by atoms with van der Waals surface area (Å²) in [6.45, 7) is 7.72. The van der Waals surface area contributed by atoms with Crippen LogP contribution in [0.1, 0.15) is 27.7 Å². The number of ketones is 1. The highest BCUT2D eigenvalue weighted by atomic mass is 16.5. The normalized spacial score (nSPS) is 11.4. The third kappa shape index (κ3) is 6.22. The summed E-state index contributed by atoms with van der Waals surface area (Å²) >= 11 is 0. The van der Waals surface area contributed by atoms with E-state index >= 15 is 0 Å². The maximum Gasteiger partial charge on any atom is 0.379 e. The van der Waals surface area contributed by atoms with E-state index in [-0.39, 0.29) is 12.1 Å². The van der Waals surface area contributed by atoms with Crippen molar-refractivity contribution < 1.29 is 14.3 Å². The lowest BCUT2D eigenvalue weighted by Crippen LogP contribution is -2.31. The van der Waals surface area contributed by atoms with E-state index in [2.05, 4.69) is 10.1 Å². The molecular formula is C10H17NO3. The summed E-state index contributed by atoms with van der Waals surface area (Å²) < 4.78 is 4.52. The summed E-state index contributed by atoms with van der Waals surface area (Å²) in [5.74, 6) is -1.47. The van der Waals surface area contributed by atoms with Gasteiger partial charge in [-0.1, -0.05) is 0 Å². The minimum Gasteiger partial charge on any atom is -0.460 e. The molecule has 80 valence electrons. The molecule has 0 aliphatic rings. The number of carbonyl (C=O) groups excluding carboxylic acids is 2. The van der Waals surface area contributed by atoms with E-state index in [4.69, 9.17) is 0 Å². The molecule has 0 unspecified atom stereocenters. The molecule has 0 heterocycles. The smallest absolute Gasteiger partial charge is 0.379 e. The van der Waals surface area contributed by atoms with Crippen molar-refractivity contribution in [2.75, 3.05) is 6.61 Å². The summed E-state index contributed by atoms with van der Waals surface area (Å²) in [5.41, 5.74) is -0.120. The first-order valence-electron chi connectivity index (χ1n) is 4.52. The average Bonchev–Trinajstić information content (AvgIpc) is 2.02. The molecule has 0 aromatic heterocycles. The van der Waals surface area contributed by atoms with Crippen LogP contribution in [-0.4, -0.2) is 23.9 Å². The van der Waals surface area contributed by atoms with E-state index in [9.17, 15) is 9.59 Å². The van der Waals surface area contributed by atoms with Gasteiger partial charge in [-0.3, -0.25) is 4.79 Å². The lowest BCUT2D eigenvalue weighted by molar-refractivity contribution is -0.151. The van der Waals surface area contributed by atoms with Crippen LogP contribution in [0.2, 0.25) is 0 Å². The van der Waals surface area contributed by atoms with Gasteiger partial charge in [-0.15, -0.1) is 0 Å². The van der Waals surface area contributed by atoms with Crippen LogP contribution in [0.25, 0.3) is 0 Å². The molecule has 0 bridgehead atoms. The van der Waals surface area contributed by atoms with Crippen LogP contribution in [-0.2, 0) is 14.3 Å². The second-order valence-electron chi connectivity index (χ2n) is 3.81. The predicted octanol–water partition coefficient (Wildman–Crippen LogP) is 1.02. The molecule has 0 spiro atoms. The highest BCUT2D eigenvalue weighted by Crippen LogP contribution is 1.97. The van der Waals surface area contributed by atoms with Gasteiger partial charge in [0.25, 0.3) is 5.78 Å². The van der Waals surface area contributed by atoms with Crippen molar-refractivity contribution in [1.29, 1.82) is 0 Å². The van der Waals surface area contributed by atoms with Crippen LogP contribution in [0.4, 0.5) is 0 Å². The Morgan fingerprint density at radius 3 is 2.36 bits per heavy atom. The zero-order valence-corrected chi connectivity index (χ0v) is 9.09. The maximum absolute atomic E-state index is 11.0. The largest absolute Gasteiger partial charge is 0.460 e. The third-order valence-electron chi connectivity index (χ3n) is 1.23. The molecule has 4 nitrogen and oxygen atoms in total. The summed E-state index contributed by atoms with van der Waals surface area (Å²) in [5, 5.41) is 2.94. The Hall–Kier alpha value is -1.32. The minimum atomic E-state index is -0.820. The van der Waals surface area contributed by atoms with Crippen LogP contribution in [0.3, 0.4) is 0 Å². The zero-order valence-electron chi connectivity index (χ0n) is 9.09. The van der Waals surface area contributed by atoms with E-state index in [1.165, 1.54) is 12.3 Å². The highest BCUT2D eigenvalue weighted by molar-refractivity contribution is 6.38. The number of carbonyl (C=O) groups is 2. The number of rotatable bonds is 4. The second kappa shape index (κ2) is 5.42. The van der Waals surface area contributed by atoms with Crippen LogP contribution in [0, 0.1) is 0 Å². The molecule has 0 amide bonds. The van der Waals surface area contributed by atoms with E-state index < -0.39 is 11.8 Å². The first-order valence-corrected chi connectivity index (χ1v) is 4.52. The van der Waals surface area contributed by atoms with Crippen LogP contribution < -0.4 is 5.32 Å². The molecule has 0 fully saturated rings. The third-order valence-corrected chi connectivity index (χ3v) is 1.23. The lowest BCUT2D eigenvalue weighted by Gasteiger charge is -2.18. The first kappa shape index (κ1) is 12.7. The van der Waals surface area contributed by atoms with Gasteiger partial charge in [0.2, 0.25) is 0 Å². The van der Waals surface area contributed by atoms with E-state index in [0.29, 0.717) is 0 Å². The number of nitrogens with one attached hydrogen (secondary N) is 1. The van der Waals surface area contributed by atoms with Crippen LogP contribution >= 0.6 is 0 Å². The number of ether oxygens (including phenoxy) is 1. The Morgan fingerprint density at radius 1 is 1.36 bits per heavy atom. The number of hydrogen-bond donors (Lipinski definition) is 1. The molecule has 0 aromatic rings. The number of hydrogen-bond acceptors (Lipinski definition) is 4. The molecule has 0 rings (SSSR count). The van der Waals surface area contributed by atoms with E-state index in [1.54, 1.807) is 6.92 Å². The van der Waals surface area contributed by atoms with Gasteiger partial charge in [0.05, 0.1) is 6.61 Å². The van der Waals surface area contributed by atoms with Crippen molar-refractivity contribution in [1.82, 2.24) is 5.32 Å². The monoisotopic (exact) mass is 199 g/mol. The van der Waals surface area contributed by atoms with Gasteiger partial charge in [-0.25, -0.2) is 4.79 Å². The van der Waals surface area contributed by atoms with Crippen molar-refractivity contribution in [3.8, 4) is 0 Å². The molecule has 0 radical (unpaired) electrons. The lowest BCUT2D eigenvalue weighted by atomic mass is 10.1. The SMILES string of the molecule is CCOC(=O)C(=O)/C=C\NC(C)(C)C. The topological polar surface area (TPSA) is 55.4 Å². The molecule has 0 aliphatic heterocycles. The summed E-state index contributed by atoms with van der Waals surface area (Å²) in [7, 11) is 0. The van der Waals surface area contributed by atoms with Crippen molar-refractivity contribution in [3.63, 3.8) is 0 Å². The Bertz CT molecular complexity index is 238. The summed E-state index contributed by atoms with van der Waals surface area (Å²) in [6, 6.07) is 0. The fourth-order valence-corrected chi connectivity index (χ4v) is 0.638. The number of esters is 1. The van der Waals surface area contributed by atoms with Crippen molar-refractivity contribution >= 4 is 11.8 Å². The molecule has 14 heavy (non-hydrogen) atoms. The van der Waals surface area contributed by atoms with Gasteiger partial charge in [0.1, 0.15) is 0 Å². The minimum absolute atomic E-state index is 0.120. The standard InChI is InChI=1S/C10H17NO3/c1-5-14-9(13)8(12)6-7-11-10(2,3)4/h6-7,11H,5H2,1-4H3/b7-6-. The fourth-order valence-electron chi connectivity index (χ4n) is 0.638. The van der Waals surface area contributed by atoms with Gasteiger partial charge in [0.15, 0.2) is 0 Å². The summed E-state index contributed by atoms with van der Waals surface area (Å²) in [6.07, 6.45) is 2.63. The Labute approximate surface area is 84.3 Å². The van der Waals surface area contributed by atoms with Crippen LogP contribution in [0.15, 0.2) is 12.3 Å². The molecule has 0 aromatic carbocycles. The van der Waals surface area contributed by atoms with E-state index in [1.807, 2.05) is 20.8 Å². The second-order valence-corrected chi connectivity index (χ2v) is 3.81. The van der Waals surface area contributed by atoms with Crippen LogP contribution in [0.5, 0.6) is 0 Å².